The summed E-state index contributed by atoms with van der Waals surface area (Å²) in [5.41, 5.74) is 0.492. The van der Waals surface area contributed by atoms with E-state index < -0.39 is 22.9 Å². The summed E-state index contributed by atoms with van der Waals surface area (Å²) in [7, 11) is 0. The first-order valence-corrected chi connectivity index (χ1v) is 8.32. The van der Waals surface area contributed by atoms with Crippen molar-refractivity contribution >= 4 is 23.3 Å². The second-order valence-electron chi connectivity index (χ2n) is 5.67. The van der Waals surface area contributed by atoms with E-state index in [0.717, 1.165) is 0 Å². The number of amides is 1. The monoisotopic (exact) mass is 372 g/mol. The number of para-hydroxylation sites is 2. The number of anilines is 1. The van der Waals surface area contributed by atoms with Crippen LogP contribution in [-0.4, -0.2) is 29.5 Å². The first-order chi connectivity index (χ1) is 12.8. The first-order valence-electron chi connectivity index (χ1n) is 8.32. The van der Waals surface area contributed by atoms with E-state index in [9.17, 15) is 19.7 Å². The van der Waals surface area contributed by atoms with Crippen molar-refractivity contribution in [1.29, 1.82) is 0 Å². The van der Waals surface area contributed by atoms with Gasteiger partial charge >= 0.3 is 5.97 Å². The summed E-state index contributed by atoms with van der Waals surface area (Å²) >= 11 is 0. The predicted octanol–water partition coefficient (Wildman–Crippen LogP) is 3.49. The van der Waals surface area contributed by atoms with E-state index in [1.54, 1.807) is 24.3 Å². The van der Waals surface area contributed by atoms with Gasteiger partial charge in [0.25, 0.3) is 11.6 Å². The number of hydrogen-bond acceptors (Lipinski definition) is 6. The highest BCUT2D eigenvalue weighted by Crippen LogP contribution is 2.25. The van der Waals surface area contributed by atoms with Crippen molar-refractivity contribution < 1.29 is 24.0 Å². The minimum Gasteiger partial charge on any atom is -0.492 e. The van der Waals surface area contributed by atoms with Crippen LogP contribution in [0.5, 0.6) is 5.75 Å². The van der Waals surface area contributed by atoms with Gasteiger partial charge in [-0.25, -0.2) is 4.79 Å². The van der Waals surface area contributed by atoms with Crippen molar-refractivity contribution in [2.45, 2.75) is 26.9 Å². The van der Waals surface area contributed by atoms with Gasteiger partial charge in [0, 0.05) is 11.6 Å². The van der Waals surface area contributed by atoms with Gasteiger partial charge in [-0.3, -0.25) is 14.9 Å². The van der Waals surface area contributed by atoms with E-state index in [2.05, 4.69) is 5.32 Å². The Balaban J connectivity index is 2.10. The maximum absolute atomic E-state index is 12.3. The summed E-state index contributed by atoms with van der Waals surface area (Å²) in [6.07, 6.45) is -1.11. The molecule has 0 unspecified atom stereocenters. The topological polar surface area (TPSA) is 108 Å². The van der Waals surface area contributed by atoms with Gasteiger partial charge in [0.1, 0.15) is 5.75 Å². The Morgan fingerprint density at radius 3 is 2.56 bits per heavy atom. The fraction of sp³-hybridized carbons (Fsp3) is 0.263. The molecule has 0 spiro atoms. The second kappa shape index (κ2) is 8.79. The van der Waals surface area contributed by atoms with Gasteiger partial charge in [0.2, 0.25) is 0 Å². The molecule has 2 aromatic carbocycles. The number of hydrogen-bond donors (Lipinski definition) is 1. The number of ether oxygens (including phenoxy) is 2. The van der Waals surface area contributed by atoms with Crippen molar-refractivity contribution in [2.75, 3.05) is 11.9 Å². The highest BCUT2D eigenvalue weighted by Gasteiger charge is 2.23. The van der Waals surface area contributed by atoms with Crippen molar-refractivity contribution in [2.24, 2.45) is 0 Å². The number of carbonyl (C=O) groups is 2. The molecule has 142 valence electrons. The van der Waals surface area contributed by atoms with Gasteiger partial charge in [0.15, 0.2) is 6.10 Å². The normalized spacial score (nSPS) is 11.4. The zero-order valence-electron chi connectivity index (χ0n) is 15.2. The summed E-state index contributed by atoms with van der Waals surface area (Å²) in [6.45, 7) is 5.13. The number of nitro groups is 1. The molecule has 27 heavy (non-hydrogen) atoms. The number of nitrogens with one attached hydrogen (secondary N) is 1. The third-order valence-corrected chi connectivity index (χ3v) is 3.82. The Morgan fingerprint density at radius 2 is 1.89 bits per heavy atom. The largest absolute Gasteiger partial charge is 0.492 e. The van der Waals surface area contributed by atoms with Crippen molar-refractivity contribution in [3.05, 3.63) is 63.7 Å². The molecule has 0 aliphatic rings. The predicted molar refractivity (Wildman–Crippen MR) is 99.0 cm³/mol. The molecule has 0 heterocycles. The molecule has 0 radical (unpaired) electrons. The van der Waals surface area contributed by atoms with Crippen LogP contribution in [0.25, 0.3) is 0 Å². The summed E-state index contributed by atoms with van der Waals surface area (Å²) < 4.78 is 10.6. The molecular formula is C19H20N2O6. The average Bonchev–Trinajstić information content (AvgIpc) is 2.63. The molecule has 0 aliphatic heterocycles. The van der Waals surface area contributed by atoms with E-state index >= 15 is 0 Å². The fourth-order valence-corrected chi connectivity index (χ4v) is 2.41. The molecule has 0 saturated heterocycles. The molecule has 0 saturated carbocycles. The van der Waals surface area contributed by atoms with Gasteiger partial charge in [-0.05, 0) is 39.0 Å². The lowest BCUT2D eigenvalue weighted by atomic mass is 10.1. The number of esters is 1. The molecule has 0 aromatic heterocycles. The third-order valence-electron chi connectivity index (χ3n) is 3.82. The molecule has 8 nitrogen and oxygen atoms in total. The fourth-order valence-electron chi connectivity index (χ4n) is 2.41. The Morgan fingerprint density at radius 1 is 1.19 bits per heavy atom. The maximum Gasteiger partial charge on any atom is 0.339 e. The molecule has 1 N–H and O–H groups in total. The molecule has 0 fully saturated rings. The lowest BCUT2D eigenvalue weighted by Gasteiger charge is -2.16. The number of benzene rings is 2. The minimum atomic E-state index is -1.11. The zero-order valence-corrected chi connectivity index (χ0v) is 15.2. The lowest BCUT2D eigenvalue weighted by molar-refractivity contribution is -0.385. The number of rotatable bonds is 7. The Bertz CT molecular complexity index is 865. The summed E-state index contributed by atoms with van der Waals surface area (Å²) in [5, 5.41) is 13.6. The van der Waals surface area contributed by atoms with Crippen LogP contribution in [0.4, 0.5) is 11.4 Å². The quantitative estimate of drug-likeness (QED) is 0.453. The zero-order chi connectivity index (χ0) is 20.0. The average molecular weight is 372 g/mol. The van der Waals surface area contributed by atoms with Crippen molar-refractivity contribution in [3.8, 4) is 5.75 Å². The van der Waals surface area contributed by atoms with Crippen LogP contribution < -0.4 is 10.1 Å². The highest BCUT2D eigenvalue weighted by atomic mass is 16.6. The first kappa shape index (κ1) is 19.9. The van der Waals surface area contributed by atoms with Crippen LogP contribution in [0.2, 0.25) is 0 Å². The van der Waals surface area contributed by atoms with Crippen LogP contribution >= 0.6 is 0 Å². The van der Waals surface area contributed by atoms with Gasteiger partial charge in [0.05, 0.1) is 22.8 Å². The van der Waals surface area contributed by atoms with Crippen molar-refractivity contribution in [3.63, 3.8) is 0 Å². The Hall–Kier alpha value is -3.42. The molecule has 0 aliphatic carbocycles. The molecule has 2 aromatic rings. The molecule has 2 rings (SSSR count). The summed E-state index contributed by atoms with van der Waals surface area (Å²) in [4.78, 5) is 35.1. The van der Waals surface area contributed by atoms with Crippen LogP contribution in [0.1, 0.15) is 29.8 Å². The second-order valence-corrected chi connectivity index (χ2v) is 5.67. The minimum absolute atomic E-state index is 0.0403. The Labute approximate surface area is 156 Å². The van der Waals surface area contributed by atoms with E-state index in [0.29, 0.717) is 18.0 Å². The van der Waals surface area contributed by atoms with E-state index in [1.165, 1.54) is 32.0 Å². The lowest BCUT2D eigenvalue weighted by Crippen LogP contribution is -2.30. The van der Waals surface area contributed by atoms with Crippen LogP contribution in [-0.2, 0) is 9.53 Å². The van der Waals surface area contributed by atoms with E-state index in [-0.39, 0.29) is 16.8 Å². The summed E-state index contributed by atoms with van der Waals surface area (Å²) in [6, 6.07) is 11.0. The standard InChI is InChI=1S/C19H20N2O6/c1-4-26-17-11-6-5-9-15(17)20-18(22)13(3)27-19(23)14-8-7-10-16(12(14)2)21(24)25/h5-11,13H,4H2,1-3H3,(H,20,22)/t13-/m0/s1. The number of nitro benzene ring substituents is 1. The van der Waals surface area contributed by atoms with E-state index in [1.807, 2.05) is 6.92 Å². The van der Waals surface area contributed by atoms with Crippen LogP contribution in [0.3, 0.4) is 0 Å². The Kier molecular flexibility index (Phi) is 6.48. The number of nitrogens with zero attached hydrogens (tertiary/aromatic N) is 1. The SMILES string of the molecule is CCOc1ccccc1NC(=O)[C@H](C)OC(=O)c1cccc([N+](=O)[O-])c1C. The van der Waals surface area contributed by atoms with Gasteiger partial charge in [-0.2, -0.15) is 0 Å². The molecular weight excluding hydrogens is 352 g/mol. The number of carbonyl (C=O) groups excluding carboxylic acids is 2. The molecule has 0 bridgehead atoms. The van der Waals surface area contributed by atoms with Crippen molar-refractivity contribution in [1.82, 2.24) is 0 Å². The van der Waals surface area contributed by atoms with Crippen LogP contribution in [0, 0.1) is 17.0 Å². The van der Waals surface area contributed by atoms with Gasteiger partial charge < -0.3 is 14.8 Å². The van der Waals surface area contributed by atoms with Gasteiger partial charge in [-0.15, -0.1) is 0 Å². The van der Waals surface area contributed by atoms with Crippen LogP contribution in [0.15, 0.2) is 42.5 Å². The highest BCUT2D eigenvalue weighted by molar-refractivity contribution is 5.98. The summed E-state index contributed by atoms with van der Waals surface area (Å²) in [5.74, 6) is -0.850. The maximum atomic E-state index is 12.3. The third kappa shape index (κ3) is 4.81. The van der Waals surface area contributed by atoms with Gasteiger partial charge in [-0.1, -0.05) is 18.2 Å². The molecule has 1 amide bonds. The van der Waals surface area contributed by atoms with E-state index in [4.69, 9.17) is 9.47 Å². The molecule has 8 heteroatoms. The smallest absolute Gasteiger partial charge is 0.339 e. The molecule has 1 atom stereocenters.